The minimum Gasteiger partial charge on any atom is -0.487 e. The Bertz CT molecular complexity index is 471. The zero-order valence-corrected chi connectivity index (χ0v) is 14.0. The van der Waals surface area contributed by atoms with Gasteiger partial charge >= 0.3 is 6.09 Å². The number of carbonyl (C=O) groups excluding carboxylic acids is 1. The summed E-state index contributed by atoms with van der Waals surface area (Å²) in [6.45, 7) is 8.76. The standard InChI is InChI=1S/C15H22N2O3.H2S/c1-11-5-6-12(9-16-11)19-13-7-8-17(10-13)14(18)20-15(2,3)4;/h5-6,9,13H,7-8,10H2,1-4H3;1H2/t13-;/m0./s1. The summed E-state index contributed by atoms with van der Waals surface area (Å²) in [7, 11) is 0. The van der Waals surface area contributed by atoms with Crippen molar-refractivity contribution in [1.82, 2.24) is 9.88 Å². The van der Waals surface area contributed by atoms with Crippen LogP contribution in [0.1, 0.15) is 32.9 Å². The van der Waals surface area contributed by atoms with Crippen LogP contribution in [0.3, 0.4) is 0 Å². The number of nitrogens with zero attached hydrogens (tertiary/aromatic N) is 2. The van der Waals surface area contributed by atoms with E-state index in [4.69, 9.17) is 9.47 Å². The first-order valence-electron chi connectivity index (χ1n) is 6.91. The van der Waals surface area contributed by atoms with Crippen LogP contribution in [0.5, 0.6) is 5.75 Å². The fourth-order valence-electron chi connectivity index (χ4n) is 2.03. The van der Waals surface area contributed by atoms with E-state index in [0.717, 1.165) is 17.9 Å². The Morgan fingerprint density at radius 1 is 1.38 bits per heavy atom. The van der Waals surface area contributed by atoms with Crippen LogP contribution in [-0.4, -0.2) is 40.8 Å². The van der Waals surface area contributed by atoms with Gasteiger partial charge in [0.2, 0.25) is 0 Å². The van der Waals surface area contributed by atoms with Crippen molar-refractivity contribution in [2.75, 3.05) is 13.1 Å². The van der Waals surface area contributed by atoms with E-state index < -0.39 is 5.60 Å². The second-order valence-corrected chi connectivity index (χ2v) is 6.09. The van der Waals surface area contributed by atoms with Crippen molar-refractivity contribution in [2.24, 2.45) is 0 Å². The summed E-state index contributed by atoms with van der Waals surface area (Å²) in [4.78, 5) is 17.8. The number of hydrogen-bond donors (Lipinski definition) is 0. The van der Waals surface area contributed by atoms with Crippen molar-refractivity contribution in [3.8, 4) is 5.75 Å². The number of hydrogen-bond acceptors (Lipinski definition) is 4. The second-order valence-electron chi connectivity index (χ2n) is 6.09. The van der Waals surface area contributed by atoms with Gasteiger partial charge < -0.3 is 14.4 Å². The van der Waals surface area contributed by atoms with E-state index >= 15 is 0 Å². The largest absolute Gasteiger partial charge is 0.487 e. The van der Waals surface area contributed by atoms with Gasteiger partial charge in [-0.3, -0.25) is 4.98 Å². The molecular weight excluding hydrogens is 288 g/mol. The van der Waals surface area contributed by atoms with Gasteiger partial charge in [-0.2, -0.15) is 13.5 Å². The first-order chi connectivity index (χ1) is 9.33. The Labute approximate surface area is 133 Å². The lowest BCUT2D eigenvalue weighted by atomic mass is 10.2. The van der Waals surface area contributed by atoms with Crippen LogP contribution in [0, 0.1) is 6.92 Å². The van der Waals surface area contributed by atoms with Gasteiger partial charge in [-0.05, 0) is 39.8 Å². The molecule has 1 aromatic rings. The minimum atomic E-state index is -0.461. The van der Waals surface area contributed by atoms with Gasteiger partial charge in [0.25, 0.3) is 0 Å². The lowest BCUT2D eigenvalue weighted by molar-refractivity contribution is 0.0275. The highest BCUT2D eigenvalue weighted by Gasteiger charge is 2.30. The van der Waals surface area contributed by atoms with Crippen molar-refractivity contribution in [2.45, 2.75) is 45.8 Å². The molecule has 1 saturated heterocycles. The molecule has 6 heteroatoms. The maximum Gasteiger partial charge on any atom is 0.410 e. The normalized spacial score (nSPS) is 18.1. The molecule has 5 nitrogen and oxygen atoms in total. The van der Waals surface area contributed by atoms with Crippen LogP contribution >= 0.6 is 13.5 Å². The summed E-state index contributed by atoms with van der Waals surface area (Å²) in [6, 6.07) is 3.81. The predicted molar refractivity (Wildman–Crippen MR) is 86.2 cm³/mol. The average Bonchev–Trinajstić information content (AvgIpc) is 2.79. The summed E-state index contributed by atoms with van der Waals surface area (Å²) >= 11 is 0. The molecule has 0 spiro atoms. The number of ether oxygens (including phenoxy) is 2. The monoisotopic (exact) mass is 312 g/mol. The number of amides is 1. The number of likely N-dealkylation sites (tertiary alicyclic amines) is 1. The Kier molecular flexibility index (Phi) is 5.89. The molecule has 0 bridgehead atoms. The van der Waals surface area contributed by atoms with Gasteiger partial charge in [0.15, 0.2) is 0 Å². The first kappa shape index (κ1) is 17.6. The van der Waals surface area contributed by atoms with Crippen LogP contribution in [0.15, 0.2) is 18.3 Å². The summed E-state index contributed by atoms with van der Waals surface area (Å²) in [5, 5.41) is 0. The molecule has 0 aromatic carbocycles. The zero-order valence-electron chi connectivity index (χ0n) is 13.0. The molecule has 1 atom stereocenters. The molecule has 21 heavy (non-hydrogen) atoms. The highest BCUT2D eigenvalue weighted by atomic mass is 32.1. The molecule has 0 radical (unpaired) electrons. The Balaban J connectivity index is 0.00000220. The van der Waals surface area contributed by atoms with Crippen molar-refractivity contribution in [1.29, 1.82) is 0 Å². The molecule has 118 valence electrons. The van der Waals surface area contributed by atoms with Crippen molar-refractivity contribution in [3.63, 3.8) is 0 Å². The van der Waals surface area contributed by atoms with Gasteiger partial charge in [-0.15, -0.1) is 0 Å². The fraction of sp³-hybridized carbons (Fsp3) is 0.600. The maximum absolute atomic E-state index is 11.9. The van der Waals surface area contributed by atoms with Gasteiger partial charge in [-0.1, -0.05) is 0 Å². The Hall–Kier alpha value is -1.43. The lowest BCUT2D eigenvalue weighted by Crippen LogP contribution is -2.36. The van der Waals surface area contributed by atoms with Gasteiger partial charge in [0.1, 0.15) is 17.5 Å². The highest BCUT2D eigenvalue weighted by Crippen LogP contribution is 2.20. The number of aryl methyl sites for hydroxylation is 1. The molecule has 0 unspecified atom stereocenters. The number of carbonyl (C=O) groups is 1. The topological polar surface area (TPSA) is 51.7 Å². The van der Waals surface area contributed by atoms with E-state index in [2.05, 4.69) is 4.98 Å². The molecule has 1 amide bonds. The van der Waals surface area contributed by atoms with Gasteiger partial charge in [0.05, 0.1) is 12.7 Å². The summed E-state index contributed by atoms with van der Waals surface area (Å²) in [6.07, 6.45) is 2.26. The number of aromatic nitrogens is 1. The molecule has 2 rings (SSSR count). The maximum atomic E-state index is 11.9. The quantitative estimate of drug-likeness (QED) is 0.842. The van der Waals surface area contributed by atoms with Crippen molar-refractivity contribution in [3.05, 3.63) is 24.0 Å². The SMILES string of the molecule is Cc1ccc(O[C@H]2CCN(C(=O)OC(C)(C)C)C2)cn1.S. The molecule has 1 aliphatic rings. The zero-order chi connectivity index (χ0) is 14.8. The molecule has 1 fully saturated rings. The molecule has 0 N–H and O–H groups in total. The minimum absolute atomic E-state index is 0. The molecule has 0 aliphatic carbocycles. The molecular formula is C15H24N2O3S. The van der Waals surface area contributed by atoms with E-state index in [1.807, 2.05) is 39.8 Å². The third kappa shape index (κ3) is 5.46. The van der Waals surface area contributed by atoms with E-state index in [1.54, 1.807) is 11.1 Å². The van der Waals surface area contributed by atoms with Gasteiger partial charge in [-0.25, -0.2) is 4.79 Å². The Morgan fingerprint density at radius 3 is 2.67 bits per heavy atom. The Morgan fingerprint density at radius 2 is 2.10 bits per heavy atom. The van der Waals surface area contributed by atoms with Gasteiger partial charge in [0, 0.05) is 18.7 Å². The average molecular weight is 312 g/mol. The highest BCUT2D eigenvalue weighted by molar-refractivity contribution is 7.59. The number of rotatable bonds is 2. The summed E-state index contributed by atoms with van der Waals surface area (Å²) in [5.74, 6) is 0.742. The van der Waals surface area contributed by atoms with Crippen LogP contribution < -0.4 is 4.74 Å². The van der Waals surface area contributed by atoms with E-state index in [-0.39, 0.29) is 25.7 Å². The van der Waals surface area contributed by atoms with E-state index in [1.165, 1.54) is 0 Å². The van der Waals surface area contributed by atoms with E-state index in [0.29, 0.717) is 13.1 Å². The third-order valence-corrected chi connectivity index (χ3v) is 2.98. The van der Waals surface area contributed by atoms with Crippen LogP contribution in [0.4, 0.5) is 4.79 Å². The molecule has 0 saturated carbocycles. The predicted octanol–water partition coefficient (Wildman–Crippen LogP) is 2.89. The number of pyridine rings is 1. The van der Waals surface area contributed by atoms with Crippen molar-refractivity contribution >= 4 is 19.6 Å². The van der Waals surface area contributed by atoms with Crippen LogP contribution in [0.2, 0.25) is 0 Å². The van der Waals surface area contributed by atoms with Crippen LogP contribution in [0.25, 0.3) is 0 Å². The lowest BCUT2D eigenvalue weighted by Gasteiger charge is -2.24. The first-order valence-corrected chi connectivity index (χ1v) is 6.91. The fourth-order valence-corrected chi connectivity index (χ4v) is 2.03. The molecule has 1 aromatic heterocycles. The van der Waals surface area contributed by atoms with Crippen molar-refractivity contribution < 1.29 is 14.3 Å². The summed E-state index contributed by atoms with van der Waals surface area (Å²) in [5.41, 5.74) is 0.496. The summed E-state index contributed by atoms with van der Waals surface area (Å²) < 4.78 is 11.2. The van der Waals surface area contributed by atoms with E-state index in [9.17, 15) is 4.79 Å². The smallest absolute Gasteiger partial charge is 0.410 e. The van der Waals surface area contributed by atoms with Crippen LogP contribution in [-0.2, 0) is 4.74 Å². The molecule has 1 aliphatic heterocycles. The third-order valence-electron chi connectivity index (χ3n) is 2.98. The second kappa shape index (κ2) is 7.02. The molecule has 2 heterocycles.